The van der Waals surface area contributed by atoms with Crippen LogP contribution in [-0.4, -0.2) is 21.9 Å². The smallest absolute Gasteiger partial charge is 0.0887 e. The summed E-state index contributed by atoms with van der Waals surface area (Å²) in [5.41, 5.74) is 0.898. The molecule has 5 rings (SSSR count). The zero-order chi connectivity index (χ0) is 20.3. The standard InChI is InChI=1S/C27H38O2/c1-25-14-11-21(28)18-20(25)8-9-22-23(25)12-15-26(2)24(22)13-17-27(26,29)16-10-19-6-4-3-5-7-19/h3-7,10,16,20-24,28-29H,8-9,11-15,17-18H2,1-2H3/b16-10+/t20-,21-,22+,23-,24+,25-,26+,27-/m0/s1. The Morgan fingerprint density at radius 3 is 2.45 bits per heavy atom. The molecule has 1 aromatic rings. The fourth-order valence-corrected chi connectivity index (χ4v) is 8.36. The van der Waals surface area contributed by atoms with Crippen LogP contribution in [0.4, 0.5) is 0 Å². The molecule has 8 atom stereocenters. The monoisotopic (exact) mass is 394 g/mol. The van der Waals surface area contributed by atoms with E-state index in [1.165, 1.54) is 31.2 Å². The summed E-state index contributed by atoms with van der Waals surface area (Å²) in [6, 6.07) is 10.4. The Kier molecular flexibility index (Phi) is 4.75. The van der Waals surface area contributed by atoms with Crippen molar-refractivity contribution in [3.63, 3.8) is 0 Å². The lowest BCUT2D eigenvalue weighted by Crippen LogP contribution is -2.56. The second kappa shape index (κ2) is 6.95. The Morgan fingerprint density at radius 2 is 1.66 bits per heavy atom. The third kappa shape index (κ3) is 2.97. The van der Waals surface area contributed by atoms with Gasteiger partial charge in [-0.3, -0.25) is 0 Å². The van der Waals surface area contributed by atoms with Gasteiger partial charge in [0.15, 0.2) is 0 Å². The van der Waals surface area contributed by atoms with Crippen LogP contribution in [-0.2, 0) is 0 Å². The Hall–Kier alpha value is -1.12. The summed E-state index contributed by atoms with van der Waals surface area (Å²) in [4.78, 5) is 0. The first kappa shape index (κ1) is 19.8. The molecule has 4 aliphatic carbocycles. The third-order valence-corrected chi connectivity index (χ3v) is 10.2. The first-order valence-electron chi connectivity index (χ1n) is 12.0. The van der Waals surface area contributed by atoms with Crippen molar-refractivity contribution in [2.75, 3.05) is 0 Å². The van der Waals surface area contributed by atoms with Gasteiger partial charge < -0.3 is 10.2 Å². The Labute approximate surface area is 176 Å². The molecule has 4 saturated carbocycles. The van der Waals surface area contributed by atoms with Crippen molar-refractivity contribution in [1.29, 1.82) is 0 Å². The van der Waals surface area contributed by atoms with Crippen molar-refractivity contribution in [3.8, 4) is 0 Å². The van der Waals surface area contributed by atoms with E-state index >= 15 is 0 Å². The summed E-state index contributed by atoms with van der Waals surface area (Å²) in [7, 11) is 0. The van der Waals surface area contributed by atoms with Gasteiger partial charge in [-0.2, -0.15) is 0 Å². The van der Waals surface area contributed by atoms with Gasteiger partial charge in [-0.15, -0.1) is 0 Å². The molecule has 4 aliphatic rings. The summed E-state index contributed by atoms with van der Waals surface area (Å²) in [6.07, 6.45) is 14.4. The molecule has 29 heavy (non-hydrogen) atoms. The van der Waals surface area contributed by atoms with Crippen LogP contribution in [0.25, 0.3) is 6.08 Å². The van der Waals surface area contributed by atoms with Crippen LogP contribution in [0, 0.1) is 34.5 Å². The average Bonchev–Trinajstić information content (AvgIpc) is 2.99. The minimum absolute atomic E-state index is 0.00315. The minimum atomic E-state index is -0.682. The van der Waals surface area contributed by atoms with Crippen molar-refractivity contribution >= 4 is 6.08 Å². The van der Waals surface area contributed by atoms with E-state index in [1.807, 2.05) is 6.07 Å². The molecular formula is C27H38O2. The normalized spacial score (nSPS) is 49.4. The number of benzene rings is 1. The van der Waals surface area contributed by atoms with Gasteiger partial charge in [0.2, 0.25) is 0 Å². The molecule has 2 heteroatoms. The second-order valence-electron chi connectivity index (χ2n) is 11.2. The van der Waals surface area contributed by atoms with Gasteiger partial charge in [-0.25, -0.2) is 0 Å². The number of hydrogen-bond donors (Lipinski definition) is 2. The first-order valence-corrected chi connectivity index (χ1v) is 12.0. The molecule has 158 valence electrons. The van der Waals surface area contributed by atoms with Crippen LogP contribution in [0.3, 0.4) is 0 Å². The first-order chi connectivity index (χ1) is 13.9. The third-order valence-electron chi connectivity index (χ3n) is 10.2. The van der Waals surface area contributed by atoms with Gasteiger partial charge in [0, 0.05) is 5.41 Å². The van der Waals surface area contributed by atoms with E-state index in [9.17, 15) is 10.2 Å². The van der Waals surface area contributed by atoms with Crippen LogP contribution in [0.15, 0.2) is 36.4 Å². The summed E-state index contributed by atoms with van der Waals surface area (Å²) in [5, 5.41) is 22.0. The van der Waals surface area contributed by atoms with E-state index in [4.69, 9.17) is 0 Å². The largest absolute Gasteiger partial charge is 0.393 e. The van der Waals surface area contributed by atoms with Crippen molar-refractivity contribution in [1.82, 2.24) is 0 Å². The predicted octanol–water partition coefficient (Wildman–Crippen LogP) is 5.83. The van der Waals surface area contributed by atoms with Crippen molar-refractivity contribution in [2.45, 2.75) is 83.3 Å². The molecule has 0 saturated heterocycles. The molecule has 0 radical (unpaired) electrons. The molecular weight excluding hydrogens is 356 g/mol. The van der Waals surface area contributed by atoms with Gasteiger partial charge in [0.05, 0.1) is 11.7 Å². The van der Waals surface area contributed by atoms with Gasteiger partial charge in [-0.05, 0) is 92.4 Å². The fraction of sp³-hybridized carbons (Fsp3) is 0.704. The Balaban J connectivity index is 1.40. The SMILES string of the molecule is C[C@]12CC[C@H](O)C[C@@H]1CC[C@H]1[C@H]3CC[C@@](O)(/C=C/c4ccccc4)[C@]3(C)CC[C@@H]12. The fourth-order valence-electron chi connectivity index (χ4n) is 8.36. The molecule has 2 N–H and O–H groups in total. The van der Waals surface area contributed by atoms with Gasteiger partial charge in [0.25, 0.3) is 0 Å². The number of aliphatic hydroxyl groups excluding tert-OH is 1. The molecule has 0 unspecified atom stereocenters. The maximum atomic E-state index is 11.8. The topological polar surface area (TPSA) is 40.5 Å². The van der Waals surface area contributed by atoms with Crippen LogP contribution in [0.2, 0.25) is 0 Å². The molecule has 0 heterocycles. The lowest BCUT2D eigenvalue weighted by atomic mass is 9.44. The highest BCUT2D eigenvalue weighted by Crippen LogP contribution is 2.68. The van der Waals surface area contributed by atoms with Gasteiger partial charge in [0.1, 0.15) is 0 Å². The highest BCUT2D eigenvalue weighted by atomic mass is 16.3. The number of hydrogen-bond acceptors (Lipinski definition) is 2. The second-order valence-corrected chi connectivity index (χ2v) is 11.2. The number of fused-ring (bicyclic) bond motifs is 5. The van der Waals surface area contributed by atoms with Crippen LogP contribution in [0.1, 0.15) is 77.2 Å². The predicted molar refractivity (Wildman–Crippen MR) is 118 cm³/mol. The van der Waals surface area contributed by atoms with E-state index in [1.54, 1.807) is 0 Å². The van der Waals surface area contributed by atoms with E-state index in [0.717, 1.165) is 43.9 Å². The van der Waals surface area contributed by atoms with Gasteiger partial charge >= 0.3 is 0 Å². The zero-order valence-corrected chi connectivity index (χ0v) is 18.2. The molecule has 4 fully saturated rings. The maximum Gasteiger partial charge on any atom is 0.0887 e. The maximum absolute atomic E-state index is 11.8. The molecule has 0 aliphatic heterocycles. The molecule has 0 spiro atoms. The quantitative estimate of drug-likeness (QED) is 0.662. The average molecular weight is 395 g/mol. The van der Waals surface area contributed by atoms with Crippen LogP contribution in [0.5, 0.6) is 0 Å². The summed E-state index contributed by atoms with van der Waals surface area (Å²) >= 11 is 0. The number of rotatable bonds is 2. The highest BCUT2D eigenvalue weighted by Gasteiger charge is 2.63. The Morgan fingerprint density at radius 1 is 0.897 bits per heavy atom. The molecule has 1 aromatic carbocycles. The van der Waals surface area contributed by atoms with Gasteiger partial charge in [-0.1, -0.05) is 56.3 Å². The van der Waals surface area contributed by atoms with Crippen LogP contribution < -0.4 is 0 Å². The van der Waals surface area contributed by atoms with Crippen molar-refractivity contribution in [2.24, 2.45) is 34.5 Å². The lowest BCUT2D eigenvalue weighted by molar-refractivity contribution is -0.146. The van der Waals surface area contributed by atoms with E-state index in [2.05, 4.69) is 50.3 Å². The highest BCUT2D eigenvalue weighted by molar-refractivity contribution is 5.51. The Bertz CT molecular complexity index is 772. The lowest BCUT2D eigenvalue weighted by Gasteiger charge is -2.61. The van der Waals surface area contributed by atoms with Crippen LogP contribution >= 0.6 is 0 Å². The number of aliphatic hydroxyl groups is 2. The summed E-state index contributed by atoms with van der Waals surface area (Å²) < 4.78 is 0. The van der Waals surface area contributed by atoms with Crippen molar-refractivity contribution in [3.05, 3.63) is 42.0 Å². The molecule has 0 amide bonds. The van der Waals surface area contributed by atoms with E-state index in [0.29, 0.717) is 17.3 Å². The summed E-state index contributed by atoms with van der Waals surface area (Å²) in [6.45, 7) is 4.93. The van der Waals surface area contributed by atoms with E-state index < -0.39 is 5.60 Å². The summed E-state index contributed by atoms with van der Waals surface area (Å²) in [5.74, 6) is 2.88. The molecule has 2 nitrogen and oxygen atoms in total. The van der Waals surface area contributed by atoms with E-state index in [-0.39, 0.29) is 11.5 Å². The molecule has 0 aromatic heterocycles. The minimum Gasteiger partial charge on any atom is -0.393 e. The van der Waals surface area contributed by atoms with Crippen molar-refractivity contribution < 1.29 is 10.2 Å². The molecule has 0 bridgehead atoms. The zero-order valence-electron chi connectivity index (χ0n) is 18.2.